The molecule has 0 amide bonds. The fourth-order valence-electron chi connectivity index (χ4n) is 2.83. The van der Waals surface area contributed by atoms with Gasteiger partial charge < -0.3 is 0 Å². The van der Waals surface area contributed by atoms with Crippen molar-refractivity contribution in [2.45, 2.75) is 36.8 Å². The van der Waals surface area contributed by atoms with Gasteiger partial charge in [-0.2, -0.15) is 4.31 Å². The summed E-state index contributed by atoms with van der Waals surface area (Å²) in [5, 5.41) is -0.435. The first-order valence-corrected chi connectivity index (χ1v) is 11.6. The molecule has 1 aromatic rings. The Morgan fingerprint density at radius 3 is 2.22 bits per heavy atom. The molecule has 1 aliphatic heterocycles. The van der Waals surface area contributed by atoms with Crippen LogP contribution in [0.1, 0.15) is 26.7 Å². The van der Waals surface area contributed by atoms with Crippen molar-refractivity contribution in [3.05, 3.63) is 28.7 Å². The normalized spacial score (nSPS) is 18.4. The number of nitrogens with zero attached hydrogens (tertiary/aromatic N) is 1. The zero-order valence-electron chi connectivity index (χ0n) is 13.3. The van der Waals surface area contributed by atoms with E-state index in [1.54, 1.807) is 24.3 Å². The highest BCUT2D eigenvalue weighted by Crippen LogP contribution is 2.28. The van der Waals surface area contributed by atoms with Crippen LogP contribution < -0.4 is 0 Å². The maximum absolute atomic E-state index is 12.7. The summed E-state index contributed by atoms with van der Waals surface area (Å²) >= 11 is 3.27. The summed E-state index contributed by atoms with van der Waals surface area (Å²) in [7, 11) is -6.75. The molecule has 8 heteroatoms. The van der Waals surface area contributed by atoms with Crippen molar-refractivity contribution in [1.29, 1.82) is 0 Å². The van der Waals surface area contributed by atoms with Gasteiger partial charge in [-0.3, -0.25) is 0 Å². The Bertz CT molecular complexity index is 751. The Hall–Kier alpha value is -0.440. The highest BCUT2D eigenvalue weighted by atomic mass is 79.9. The summed E-state index contributed by atoms with van der Waals surface area (Å²) in [5.41, 5.74) is 0. The Labute approximate surface area is 147 Å². The lowest BCUT2D eigenvalue weighted by atomic mass is 10.2. The number of hydrogen-bond donors (Lipinski definition) is 0. The van der Waals surface area contributed by atoms with Crippen molar-refractivity contribution < 1.29 is 16.8 Å². The van der Waals surface area contributed by atoms with Gasteiger partial charge in [0.25, 0.3) is 0 Å². The lowest BCUT2D eigenvalue weighted by Crippen LogP contribution is -2.43. The predicted molar refractivity (Wildman–Crippen MR) is 94.5 cm³/mol. The van der Waals surface area contributed by atoms with Gasteiger partial charge in [-0.25, -0.2) is 16.8 Å². The van der Waals surface area contributed by atoms with Crippen molar-refractivity contribution >= 4 is 35.8 Å². The molecular formula is C15H22BrNO4S2. The molecule has 1 aromatic carbocycles. The van der Waals surface area contributed by atoms with Gasteiger partial charge in [0.2, 0.25) is 10.0 Å². The van der Waals surface area contributed by atoms with Crippen LogP contribution in [0.2, 0.25) is 0 Å². The second kappa shape index (κ2) is 7.21. The summed E-state index contributed by atoms with van der Waals surface area (Å²) in [4.78, 5) is 0.225. The predicted octanol–water partition coefficient (Wildman–Crippen LogP) is 2.67. The van der Waals surface area contributed by atoms with E-state index in [-0.39, 0.29) is 29.7 Å². The maximum atomic E-state index is 12.7. The fraction of sp³-hybridized carbons (Fsp3) is 0.600. The number of sulfone groups is 1. The average molecular weight is 424 g/mol. The second-order valence-corrected chi connectivity index (χ2v) is 11.3. The van der Waals surface area contributed by atoms with Crippen LogP contribution in [0.4, 0.5) is 0 Å². The molecule has 0 radical (unpaired) electrons. The van der Waals surface area contributed by atoms with Crippen molar-refractivity contribution in [1.82, 2.24) is 4.31 Å². The number of sulfonamides is 1. The highest BCUT2D eigenvalue weighted by Gasteiger charge is 2.35. The van der Waals surface area contributed by atoms with E-state index in [2.05, 4.69) is 15.9 Å². The van der Waals surface area contributed by atoms with Crippen LogP contribution in [-0.2, 0) is 19.9 Å². The van der Waals surface area contributed by atoms with Crippen LogP contribution in [0.15, 0.2) is 33.6 Å². The van der Waals surface area contributed by atoms with E-state index in [4.69, 9.17) is 0 Å². The lowest BCUT2D eigenvalue weighted by molar-refractivity contribution is 0.345. The van der Waals surface area contributed by atoms with Crippen molar-refractivity contribution in [2.24, 2.45) is 5.92 Å². The van der Waals surface area contributed by atoms with Gasteiger partial charge in [-0.05, 0) is 46.8 Å². The van der Waals surface area contributed by atoms with Gasteiger partial charge in [0.1, 0.15) is 0 Å². The van der Waals surface area contributed by atoms with Crippen LogP contribution in [0.3, 0.4) is 0 Å². The number of halogens is 1. The molecule has 0 spiro atoms. The standard InChI is InChI=1S/C15H22BrNO4S2/c1-12(2)11-22(18,19)13-7-9-17(10-8-13)23(20,21)15-6-4-3-5-14(15)16/h3-6,12-13H,7-11H2,1-2H3. The Morgan fingerprint density at radius 2 is 1.70 bits per heavy atom. The van der Waals surface area contributed by atoms with Crippen LogP contribution in [0.25, 0.3) is 0 Å². The molecule has 5 nitrogen and oxygen atoms in total. The van der Waals surface area contributed by atoms with E-state index in [0.717, 1.165) is 0 Å². The molecule has 0 unspecified atom stereocenters. The number of hydrogen-bond acceptors (Lipinski definition) is 4. The van der Waals surface area contributed by atoms with E-state index < -0.39 is 25.1 Å². The number of piperidine rings is 1. The van der Waals surface area contributed by atoms with Gasteiger partial charge in [0.05, 0.1) is 15.9 Å². The van der Waals surface area contributed by atoms with E-state index in [0.29, 0.717) is 17.3 Å². The van der Waals surface area contributed by atoms with E-state index in [1.807, 2.05) is 13.8 Å². The van der Waals surface area contributed by atoms with E-state index >= 15 is 0 Å². The van der Waals surface area contributed by atoms with Crippen molar-refractivity contribution in [2.75, 3.05) is 18.8 Å². The molecular weight excluding hydrogens is 402 g/mol. The zero-order valence-corrected chi connectivity index (χ0v) is 16.5. The van der Waals surface area contributed by atoms with Gasteiger partial charge in [0, 0.05) is 17.6 Å². The molecule has 0 atom stereocenters. The third-order valence-electron chi connectivity index (χ3n) is 3.93. The maximum Gasteiger partial charge on any atom is 0.244 e. The minimum atomic E-state index is -3.59. The SMILES string of the molecule is CC(C)CS(=O)(=O)C1CCN(S(=O)(=O)c2ccccc2Br)CC1. The molecule has 1 saturated heterocycles. The summed E-state index contributed by atoms with van der Waals surface area (Å²) in [6, 6.07) is 6.68. The topological polar surface area (TPSA) is 71.5 Å². The molecule has 0 aliphatic carbocycles. The number of rotatable bonds is 5. The first-order valence-electron chi connectivity index (χ1n) is 7.61. The van der Waals surface area contributed by atoms with Crippen LogP contribution in [0.5, 0.6) is 0 Å². The van der Waals surface area contributed by atoms with Gasteiger partial charge in [-0.1, -0.05) is 26.0 Å². The smallest absolute Gasteiger partial charge is 0.229 e. The lowest BCUT2D eigenvalue weighted by Gasteiger charge is -2.31. The summed E-state index contributed by atoms with van der Waals surface area (Å²) in [6.45, 7) is 4.24. The first-order chi connectivity index (χ1) is 10.6. The zero-order chi connectivity index (χ0) is 17.3. The van der Waals surface area contributed by atoms with Gasteiger partial charge in [-0.15, -0.1) is 0 Å². The van der Waals surface area contributed by atoms with E-state index in [1.165, 1.54) is 4.31 Å². The molecule has 23 heavy (non-hydrogen) atoms. The molecule has 1 aliphatic rings. The first kappa shape index (κ1) is 18.9. The molecule has 0 bridgehead atoms. The Morgan fingerprint density at radius 1 is 1.13 bits per heavy atom. The van der Waals surface area contributed by atoms with Crippen LogP contribution in [0, 0.1) is 5.92 Å². The quantitative estimate of drug-likeness (QED) is 0.729. The number of benzene rings is 1. The largest absolute Gasteiger partial charge is 0.244 e. The fourth-order valence-corrected chi connectivity index (χ4v) is 7.39. The summed E-state index contributed by atoms with van der Waals surface area (Å²) in [5.74, 6) is 0.247. The highest BCUT2D eigenvalue weighted by molar-refractivity contribution is 9.10. The monoisotopic (exact) mass is 423 g/mol. The van der Waals surface area contributed by atoms with Gasteiger partial charge >= 0.3 is 0 Å². The van der Waals surface area contributed by atoms with Crippen molar-refractivity contribution in [3.8, 4) is 0 Å². The Balaban J connectivity index is 2.12. The molecule has 130 valence electrons. The summed E-state index contributed by atoms with van der Waals surface area (Å²) in [6.07, 6.45) is 0.720. The second-order valence-electron chi connectivity index (χ2n) is 6.26. The molecule has 0 aromatic heterocycles. The molecule has 1 heterocycles. The molecule has 0 saturated carbocycles. The van der Waals surface area contributed by atoms with E-state index in [9.17, 15) is 16.8 Å². The minimum absolute atomic E-state index is 0.0852. The van der Waals surface area contributed by atoms with Gasteiger partial charge in [0.15, 0.2) is 9.84 Å². The molecule has 0 N–H and O–H groups in total. The summed E-state index contributed by atoms with van der Waals surface area (Å²) < 4.78 is 51.9. The Kier molecular flexibility index (Phi) is 5.92. The minimum Gasteiger partial charge on any atom is -0.229 e. The third kappa shape index (κ3) is 4.35. The van der Waals surface area contributed by atoms with Crippen LogP contribution >= 0.6 is 15.9 Å². The van der Waals surface area contributed by atoms with Crippen molar-refractivity contribution in [3.63, 3.8) is 0 Å². The molecule has 2 rings (SSSR count). The average Bonchev–Trinajstić information content (AvgIpc) is 2.46. The van der Waals surface area contributed by atoms with Crippen LogP contribution in [-0.4, -0.2) is 45.2 Å². The third-order valence-corrected chi connectivity index (χ3v) is 9.46. The molecule has 1 fully saturated rings.